The molecule has 1 aliphatic carbocycles. The molecule has 2 fully saturated rings. The van der Waals surface area contributed by atoms with Crippen molar-refractivity contribution >= 4 is 0 Å². The van der Waals surface area contributed by atoms with Crippen LogP contribution in [0.15, 0.2) is 0 Å². The lowest BCUT2D eigenvalue weighted by Gasteiger charge is -2.22. The monoisotopic (exact) mass is 279 g/mol. The van der Waals surface area contributed by atoms with Gasteiger partial charge in [0.1, 0.15) is 6.10 Å². The maximum absolute atomic E-state index is 5.81. The first-order valence-corrected chi connectivity index (χ1v) is 8.02. The maximum Gasteiger partial charge on any atom is 0.158 e. The molecule has 1 atom stereocenters. The molecule has 0 amide bonds. The number of ether oxygens (including phenoxy) is 2. The minimum absolute atomic E-state index is 0.0386. The summed E-state index contributed by atoms with van der Waals surface area (Å²) in [6, 6.07) is 0. The number of hydrogen-bond donors (Lipinski definition) is 0. The van der Waals surface area contributed by atoms with Crippen molar-refractivity contribution in [3.8, 4) is 0 Å². The Morgan fingerprint density at radius 1 is 1.25 bits per heavy atom. The van der Waals surface area contributed by atoms with Crippen LogP contribution in [0.25, 0.3) is 0 Å². The van der Waals surface area contributed by atoms with Gasteiger partial charge in [0.2, 0.25) is 0 Å². The van der Waals surface area contributed by atoms with Crippen LogP contribution in [0.1, 0.15) is 69.1 Å². The molecule has 2 heterocycles. The standard InChI is InChI=1S/C15H25N3O2/c1-2-3-8-18-15(13-11-19-9-10-20-13)16-14(17-18)12-6-4-5-7-12/h12-13H,2-11H2,1H3/t13-/m0/s1. The van der Waals surface area contributed by atoms with Crippen molar-refractivity contribution in [1.82, 2.24) is 14.8 Å². The van der Waals surface area contributed by atoms with E-state index in [1.54, 1.807) is 0 Å². The molecule has 0 bridgehead atoms. The average molecular weight is 279 g/mol. The molecule has 0 unspecified atom stereocenters. The zero-order valence-corrected chi connectivity index (χ0v) is 12.4. The molecule has 1 aromatic heterocycles. The van der Waals surface area contributed by atoms with Crippen LogP contribution in [-0.2, 0) is 16.0 Å². The van der Waals surface area contributed by atoms with Gasteiger partial charge in [-0.1, -0.05) is 26.2 Å². The molecule has 1 saturated carbocycles. The summed E-state index contributed by atoms with van der Waals surface area (Å²) in [5.74, 6) is 2.56. The lowest BCUT2D eigenvalue weighted by atomic mass is 10.1. The van der Waals surface area contributed by atoms with Crippen LogP contribution in [-0.4, -0.2) is 34.6 Å². The largest absolute Gasteiger partial charge is 0.376 e. The molecular formula is C15H25N3O2. The highest BCUT2D eigenvalue weighted by Gasteiger charge is 2.27. The van der Waals surface area contributed by atoms with Crippen LogP contribution in [0.5, 0.6) is 0 Å². The molecule has 3 rings (SSSR count). The third-order valence-corrected chi connectivity index (χ3v) is 4.26. The number of rotatable bonds is 5. The number of unbranched alkanes of at least 4 members (excludes halogenated alkanes) is 1. The number of aryl methyl sites for hydroxylation is 1. The fraction of sp³-hybridized carbons (Fsp3) is 0.867. The Hall–Kier alpha value is -0.940. The van der Waals surface area contributed by atoms with Crippen LogP contribution in [0.3, 0.4) is 0 Å². The predicted molar refractivity (Wildman–Crippen MR) is 75.7 cm³/mol. The first kappa shape index (κ1) is 14.0. The van der Waals surface area contributed by atoms with Crippen molar-refractivity contribution in [3.63, 3.8) is 0 Å². The molecular weight excluding hydrogens is 254 g/mol. The van der Waals surface area contributed by atoms with Crippen LogP contribution >= 0.6 is 0 Å². The van der Waals surface area contributed by atoms with Crippen LogP contribution in [0.2, 0.25) is 0 Å². The van der Waals surface area contributed by atoms with Gasteiger partial charge in [0.05, 0.1) is 19.8 Å². The van der Waals surface area contributed by atoms with Crippen molar-refractivity contribution in [2.75, 3.05) is 19.8 Å². The molecule has 0 N–H and O–H groups in total. The molecule has 112 valence electrons. The Balaban J connectivity index is 1.80. The van der Waals surface area contributed by atoms with E-state index < -0.39 is 0 Å². The summed E-state index contributed by atoms with van der Waals surface area (Å²) in [7, 11) is 0. The second-order valence-electron chi connectivity index (χ2n) is 5.82. The van der Waals surface area contributed by atoms with Crippen molar-refractivity contribution in [2.24, 2.45) is 0 Å². The molecule has 5 nitrogen and oxygen atoms in total. The van der Waals surface area contributed by atoms with E-state index in [-0.39, 0.29) is 6.10 Å². The Labute approximate surface area is 120 Å². The van der Waals surface area contributed by atoms with Gasteiger partial charge >= 0.3 is 0 Å². The molecule has 1 aromatic rings. The van der Waals surface area contributed by atoms with Gasteiger partial charge in [-0.3, -0.25) is 0 Å². The zero-order chi connectivity index (χ0) is 13.8. The van der Waals surface area contributed by atoms with Crippen molar-refractivity contribution in [1.29, 1.82) is 0 Å². The minimum atomic E-state index is -0.0386. The molecule has 5 heteroatoms. The van der Waals surface area contributed by atoms with Gasteiger partial charge in [0.15, 0.2) is 11.6 Å². The van der Waals surface area contributed by atoms with Gasteiger partial charge in [0.25, 0.3) is 0 Å². The second-order valence-corrected chi connectivity index (χ2v) is 5.82. The second kappa shape index (κ2) is 6.68. The van der Waals surface area contributed by atoms with E-state index >= 15 is 0 Å². The molecule has 0 spiro atoms. The summed E-state index contributed by atoms with van der Waals surface area (Å²) in [4.78, 5) is 4.82. The predicted octanol–water partition coefficient (Wildman–Crippen LogP) is 2.82. The first-order valence-electron chi connectivity index (χ1n) is 8.02. The molecule has 2 aliphatic rings. The zero-order valence-electron chi connectivity index (χ0n) is 12.4. The van der Waals surface area contributed by atoms with E-state index in [0.29, 0.717) is 25.7 Å². The SMILES string of the molecule is CCCCn1nc(C2CCCC2)nc1[C@@H]1COCCO1. The third-order valence-electron chi connectivity index (χ3n) is 4.26. The Bertz CT molecular complexity index is 421. The Morgan fingerprint density at radius 3 is 2.80 bits per heavy atom. The van der Waals surface area contributed by atoms with Crippen molar-refractivity contribution < 1.29 is 9.47 Å². The van der Waals surface area contributed by atoms with Gasteiger partial charge in [-0.15, -0.1) is 0 Å². The van der Waals surface area contributed by atoms with E-state index in [4.69, 9.17) is 19.6 Å². The lowest BCUT2D eigenvalue weighted by molar-refractivity contribution is -0.0950. The summed E-state index contributed by atoms with van der Waals surface area (Å²) < 4.78 is 13.4. The minimum Gasteiger partial charge on any atom is -0.376 e. The van der Waals surface area contributed by atoms with Gasteiger partial charge in [-0.05, 0) is 19.3 Å². The summed E-state index contributed by atoms with van der Waals surface area (Å²) >= 11 is 0. The van der Waals surface area contributed by atoms with E-state index in [1.807, 2.05) is 0 Å². The Morgan fingerprint density at radius 2 is 2.10 bits per heavy atom. The molecule has 0 aromatic carbocycles. The van der Waals surface area contributed by atoms with E-state index in [1.165, 1.54) is 32.1 Å². The van der Waals surface area contributed by atoms with Crippen LogP contribution in [0, 0.1) is 0 Å². The number of hydrogen-bond acceptors (Lipinski definition) is 4. The molecule has 1 aliphatic heterocycles. The molecule has 1 saturated heterocycles. The highest BCUT2D eigenvalue weighted by atomic mass is 16.6. The summed E-state index contributed by atoms with van der Waals surface area (Å²) in [6.45, 7) is 5.09. The van der Waals surface area contributed by atoms with E-state index in [9.17, 15) is 0 Å². The molecule has 20 heavy (non-hydrogen) atoms. The third kappa shape index (κ3) is 3.04. The topological polar surface area (TPSA) is 49.2 Å². The average Bonchev–Trinajstić information content (AvgIpc) is 3.15. The van der Waals surface area contributed by atoms with Crippen LogP contribution in [0.4, 0.5) is 0 Å². The van der Waals surface area contributed by atoms with Crippen molar-refractivity contribution in [3.05, 3.63) is 11.6 Å². The normalized spacial score (nSPS) is 24.4. The summed E-state index contributed by atoms with van der Waals surface area (Å²) in [5, 5.41) is 4.77. The van der Waals surface area contributed by atoms with Gasteiger partial charge < -0.3 is 9.47 Å². The van der Waals surface area contributed by atoms with Gasteiger partial charge in [0, 0.05) is 12.5 Å². The van der Waals surface area contributed by atoms with E-state index in [0.717, 1.165) is 24.6 Å². The van der Waals surface area contributed by atoms with Crippen LogP contribution < -0.4 is 0 Å². The molecule has 0 radical (unpaired) electrons. The van der Waals surface area contributed by atoms with E-state index in [2.05, 4.69) is 11.6 Å². The smallest absolute Gasteiger partial charge is 0.158 e. The van der Waals surface area contributed by atoms with Gasteiger partial charge in [-0.2, -0.15) is 5.10 Å². The quantitative estimate of drug-likeness (QED) is 0.831. The fourth-order valence-corrected chi connectivity index (χ4v) is 3.08. The first-order chi connectivity index (χ1) is 9.88. The van der Waals surface area contributed by atoms with Crippen molar-refractivity contribution in [2.45, 2.75) is 64.0 Å². The fourth-order valence-electron chi connectivity index (χ4n) is 3.08. The lowest BCUT2D eigenvalue weighted by Crippen LogP contribution is -2.25. The number of nitrogens with zero attached hydrogens (tertiary/aromatic N) is 3. The highest BCUT2D eigenvalue weighted by Crippen LogP contribution is 2.33. The highest BCUT2D eigenvalue weighted by molar-refractivity contribution is 5.04. The van der Waals surface area contributed by atoms with Gasteiger partial charge in [-0.25, -0.2) is 9.67 Å². The maximum atomic E-state index is 5.81. The Kier molecular flexibility index (Phi) is 4.68. The summed E-state index contributed by atoms with van der Waals surface area (Å²) in [6.07, 6.45) is 7.36. The summed E-state index contributed by atoms with van der Waals surface area (Å²) in [5.41, 5.74) is 0. The number of aromatic nitrogens is 3.